The minimum Gasteiger partial charge on any atom is -0.329 e. The minimum atomic E-state index is -0.281. The fraction of sp³-hybridized carbons (Fsp3) is 0.167. The molecule has 0 aliphatic carbocycles. The lowest BCUT2D eigenvalue weighted by Crippen LogP contribution is -2.29. The van der Waals surface area contributed by atoms with Crippen molar-refractivity contribution < 1.29 is 9.59 Å². The van der Waals surface area contributed by atoms with Crippen LogP contribution in [0.25, 0.3) is 11.0 Å². The van der Waals surface area contributed by atoms with Crippen molar-refractivity contribution in [1.29, 1.82) is 0 Å². The Labute approximate surface area is 133 Å². The Bertz CT molecular complexity index is 937. The summed E-state index contributed by atoms with van der Waals surface area (Å²) in [7, 11) is 0. The predicted octanol–water partition coefficient (Wildman–Crippen LogP) is 3.17. The van der Waals surface area contributed by atoms with Gasteiger partial charge in [-0.3, -0.25) is 9.59 Å². The molecule has 0 unspecified atom stereocenters. The quantitative estimate of drug-likeness (QED) is 0.683. The van der Waals surface area contributed by atoms with Crippen LogP contribution in [0, 0.1) is 6.92 Å². The first kappa shape index (κ1) is 13.7. The van der Waals surface area contributed by atoms with Gasteiger partial charge in [-0.15, -0.1) is 0 Å². The van der Waals surface area contributed by atoms with E-state index in [0.29, 0.717) is 16.8 Å². The van der Waals surface area contributed by atoms with Gasteiger partial charge >= 0.3 is 0 Å². The number of aryl methyl sites for hydroxylation is 2. The van der Waals surface area contributed by atoms with Gasteiger partial charge in [0.05, 0.1) is 27.8 Å². The molecule has 114 valence electrons. The molecular formula is C18H15N3O2. The van der Waals surface area contributed by atoms with E-state index in [9.17, 15) is 9.59 Å². The third-order valence-electron chi connectivity index (χ3n) is 4.29. The summed E-state index contributed by atoms with van der Waals surface area (Å²) in [6.07, 6.45) is 0. The van der Waals surface area contributed by atoms with E-state index < -0.39 is 0 Å². The highest BCUT2D eigenvalue weighted by molar-refractivity contribution is 6.34. The fourth-order valence-corrected chi connectivity index (χ4v) is 3.20. The molecule has 0 N–H and O–H groups in total. The lowest BCUT2D eigenvalue weighted by atomic mass is 10.1. The summed E-state index contributed by atoms with van der Waals surface area (Å²) in [6.45, 7) is 4.84. The molecule has 2 amide bonds. The van der Waals surface area contributed by atoms with E-state index in [1.54, 1.807) is 36.4 Å². The summed E-state index contributed by atoms with van der Waals surface area (Å²) < 4.78 is 2.10. The highest BCUT2D eigenvalue weighted by Gasteiger charge is 2.36. The van der Waals surface area contributed by atoms with Gasteiger partial charge in [0.2, 0.25) is 0 Å². The number of amides is 2. The van der Waals surface area contributed by atoms with Gasteiger partial charge in [-0.05, 0) is 44.2 Å². The molecule has 0 radical (unpaired) electrons. The molecule has 0 spiro atoms. The van der Waals surface area contributed by atoms with Crippen LogP contribution in [0.2, 0.25) is 0 Å². The van der Waals surface area contributed by atoms with Crippen LogP contribution >= 0.6 is 0 Å². The molecule has 0 atom stereocenters. The van der Waals surface area contributed by atoms with Crippen LogP contribution in [0.3, 0.4) is 0 Å². The van der Waals surface area contributed by atoms with Gasteiger partial charge < -0.3 is 4.57 Å². The molecule has 0 bridgehead atoms. The number of nitrogens with zero attached hydrogens (tertiary/aromatic N) is 3. The molecule has 5 heteroatoms. The Hall–Kier alpha value is -2.95. The van der Waals surface area contributed by atoms with E-state index in [1.165, 1.54) is 4.90 Å². The van der Waals surface area contributed by atoms with Crippen LogP contribution in [0.4, 0.5) is 5.69 Å². The molecule has 4 rings (SSSR count). The van der Waals surface area contributed by atoms with Crippen LogP contribution < -0.4 is 4.90 Å². The molecule has 5 nitrogen and oxygen atoms in total. The standard InChI is InChI=1S/C18H15N3O2/c1-3-20-11(2)19-15-10-12(8-9-16(15)20)21-17(22)13-6-4-5-7-14(13)18(21)23/h4-10H,3H2,1-2H3. The number of rotatable bonds is 2. The van der Waals surface area contributed by atoms with E-state index >= 15 is 0 Å². The van der Waals surface area contributed by atoms with E-state index in [-0.39, 0.29) is 11.8 Å². The Balaban J connectivity index is 1.85. The molecule has 0 saturated heterocycles. The van der Waals surface area contributed by atoms with E-state index in [1.807, 2.05) is 13.0 Å². The Kier molecular flexibility index (Phi) is 2.84. The smallest absolute Gasteiger partial charge is 0.266 e. The summed E-state index contributed by atoms with van der Waals surface area (Å²) in [4.78, 5) is 30.9. The molecule has 2 heterocycles. The monoisotopic (exact) mass is 305 g/mol. The highest BCUT2D eigenvalue weighted by atomic mass is 16.2. The van der Waals surface area contributed by atoms with Crippen molar-refractivity contribution in [2.24, 2.45) is 0 Å². The van der Waals surface area contributed by atoms with E-state index in [4.69, 9.17) is 0 Å². The predicted molar refractivity (Wildman–Crippen MR) is 87.7 cm³/mol. The molecule has 0 fully saturated rings. The van der Waals surface area contributed by atoms with Crippen molar-refractivity contribution >= 4 is 28.5 Å². The average molecular weight is 305 g/mol. The molecular weight excluding hydrogens is 290 g/mol. The summed E-state index contributed by atoms with van der Waals surface area (Å²) in [5, 5.41) is 0. The number of anilines is 1. The fourth-order valence-electron chi connectivity index (χ4n) is 3.20. The average Bonchev–Trinajstić information content (AvgIpc) is 3.01. The van der Waals surface area contributed by atoms with Crippen LogP contribution in [0.1, 0.15) is 33.5 Å². The minimum absolute atomic E-state index is 0.281. The highest BCUT2D eigenvalue weighted by Crippen LogP contribution is 2.30. The number of fused-ring (bicyclic) bond motifs is 2. The lowest BCUT2D eigenvalue weighted by Gasteiger charge is -2.14. The topological polar surface area (TPSA) is 55.2 Å². The van der Waals surface area contributed by atoms with Crippen molar-refractivity contribution in [2.45, 2.75) is 20.4 Å². The van der Waals surface area contributed by atoms with Crippen LogP contribution in [-0.2, 0) is 6.54 Å². The summed E-state index contributed by atoms with van der Waals surface area (Å²) in [5.41, 5.74) is 3.26. The maximum atomic E-state index is 12.6. The SMILES string of the molecule is CCn1c(C)nc2cc(N3C(=O)c4ccccc4C3=O)ccc21. The largest absolute Gasteiger partial charge is 0.329 e. The third kappa shape index (κ3) is 1.83. The first-order valence-corrected chi connectivity index (χ1v) is 7.56. The number of hydrogen-bond acceptors (Lipinski definition) is 3. The zero-order valence-electron chi connectivity index (χ0n) is 12.9. The lowest BCUT2D eigenvalue weighted by molar-refractivity contribution is 0.0926. The molecule has 1 aromatic heterocycles. The summed E-state index contributed by atoms with van der Waals surface area (Å²) in [6, 6.07) is 12.4. The maximum Gasteiger partial charge on any atom is 0.266 e. The molecule has 0 saturated carbocycles. The van der Waals surface area contributed by atoms with Gasteiger partial charge in [0.15, 0.2) is 0 Å². The number of hydrogen-bond donors (Lipinski definition) is 0. The number of carbonyl (C=O) groups excluding carboxylic acids is 2. The number of imide groups is 1. The van der Waals surface area contributed by atoms with Gasteiger partial charge in [0, 0.05) is 6.54 Å². The number of carbonyl (C=O) groups is 2. The second-order valence-electron chi connectivity index (χ2n) is 5.57. The van der Waals surface area contributed by atoms with Gasteiger partial charge in [0.25, 0.3) is 11.8 Å². The van der Waals surface area contributed by atoms with Gasteiger partial charge in [-0.2, -0.15) is 0 Å². The number of aromatic nitrogens is 2. The van der Waals surface area contributed by atoms with Crippen molar-refractivity contribution in [3.63, 3.8) is 0 Å². The van der Waals surface area contributed by atoms with E-state index in [0.717, 1.165) is 23.4 Å². The maximum absolute atomic E-state index is 12.6. The Morgan fingerprint density at radius 1 is 1.00 bits per heavy atom. The number of imidazole rings is 1. The van der Waals surface area contributed by atoms with Crippen molar-refractivity contribution in [1.82, 2.24) is 9.55 Å². The Morgan fingerprint density at radius 2 is 1.65 bits per heavy atom. The van der Waals surface area contributed by atoms with Crippen molar-refractivity contribution in [3.05, 3.63) is 59.4 Å². The van der Waals surface area contributed by atoms with Gasteiger partial charge in [-0.1, -0.05) is 12.1 Å². The Morgan fingerprint density at radius 3 is 2.26 bits per heavy atom. The van der Waals surface area contributed by atoms with Crippen LogP contribution in [0.15, 0.2) is 42.5 Å². The van der Waals surface area contributed by atoms with Crippen LogP contribution in [-0.4, -0.2) is 21.4 Å². The summed E-state index contributed by atoms with van der Waals surface area (Å²) in [5.74, 6) is 0.357. The number of benzene rings is 2. The molecule has 2 aromatic carbocycles. The first-order valence-electron chi connectivity index (χ1n) is 7.56. The summed E-state index contributed by atoms with van der Waals surface area (Å²) >= 11 is 0. The second kappa shape index (κ2) is 4.78. The molecule has 23 heavy (non-hydrogen) atoms. The zero-order valence-corrected chi connectivity index (χ0v) is 12.9. The van der Waals surface area contributed by atoms with Gasteiger partial charge in [-0.25, -0.2) is 9.88 Å². The zero-order chi connectivity index (χ0) is 16.1. The van der Waals surface area contributed by atoms with E-state index in [2.05, 4.69) is 16.5 Å². The van der Waals surface area contributed by atoms with Crippen molar-refractivity contribution in [2.75, 3.05) is 4.90 Å². The van der Waals surface area contributed by atoms with Gasteiger partial charge in [0.1, 0.15) is 5.82 Å². The molecule has 3 aromatic rings. The normalized spacial score (nSPS) is 13.9. The van der Waals surface area contributed by atoms with Crippen LogP contribution in [0.5, 0.6) is 0 Å². The second-order valence-corrected chi connectivity index (χ2v) is 5.57. The molecule has 1 aliphatic heterocycles. The molecule has 1 aliphatic rings. The van der Waals surface area contributed by atoms with Crippen molar-refractivity contribution in [3.8, 4) is 0 Å². The third-order valence-corrected chi connectivity index (χ3v) is 4.29. The first-order chi connectivity index (χ1) is 11.1.